The molecule has 5 rings (SSSR count). The molecule has 0 radical (unpaired) electrons. The Kier molecular flexibility index (Phi) is 8.96. The molecular formula is C33H44N6O4Si. The second kappa shape index (κ2) is 12.5. The van der Waals surface area contributed by atoms with E-state index in [1.54, 1.807) is 14.1 Å². The summed E-state index contributed by atoms with van der Waals surface area (Å²) in [5.41, 5.74) is 2.75. The van der Waals surface area contributed by atoms with Crippen LogP contribution < -0.4 is 5.19 Å². The maximum atomic E-state index is 13.7. The predicted molar refractivity (Wildman–Crippen MR) is 174 cm³/mol. The van der Waals surface area contributed by atoms with Crippen LogP contribution in [0.4, 0.5) is 9.59 Å². The summed E-state index contributed by atoms with van der Waals surface area (Å²) in [6, 6.07) is 10.1. The number of pyridine rings is 1. The fourth-order valence-corrected chi connectivity index (χ4v) is 5.98. The SMILES string of the molecule is C[SiH2]c1cncc(-c2cn(Cc3ccc4cc(CN(CC5CCC5)C(=O)OC(C)(C)C)n(C(=O)OC(C)(C)C)c4c3)nn2)c1. The van der Waals surface area contributed by atoms with Gasteiger partial charge in [-0.15, -0.1) is 5.10 Å². The van der Waals surface area contributed by atoms with Crippen LogP contribution in [0, 0.1) is 5.92 Å². The number of ether oxygens (including phenoxy) is 2. The average molecular weight is 617 g/mol. The summed E-state index contributed by atoms with van der Waals surface area (Å²) >= 11 is 0. The molecule has 1 fully saturated rings. The summed E-state index contributed by atoms with van der Waals surface area (Å²) in [6.07, 6.45) is 8.13. The van der Waals surface area contributed by atoms with Crippen LogP contribution in [0.5, 0.6) is 0 Å². The topological polar surface area (TPSA) is 104 Å². The first-order chi connectivity index (χ1) is 20.8. The third kappa shape index (κ3) is 7.74. The van der Waals surface area contributed by atoms with Crippen LogP contribution in [0.2, 0.25) is 6.55 Å². The highest BCUT2D eigenvalue weighted by Crippen LogP contribution is 2.30. The van der Waals surface area contributed by atoms with Crippen molar-refractivity contribution >= 4 is 37.8 Å². The quantitative estimate of drug-likeness (QED) is 0.241. The zero-order valence-corrected chi connectivity index (χ0v) is 28.4. The van der Waals surface area contributed by atoms with E-state index in [-0.39, 0.29) is 22.2 Å². The van der Waals surface area contributed by atoms with Gasteiger partial charge in [-0.2, -0.15) is 0 Å². The highest BCUT2D eigenvalue weighted by Gasteiger charge is 2.30. The van der Waals surface area contributed by atoms with Gasteiger partial charge in [0.15, 0.2) is 0 Å². The molecular weight excluding hydrogens is 572 g/mol. The van der Waals surface area contributed by atoms with Crippen LogP contribution in [0.25, 0.3) is 22.2 Å². The molecule has 3 heterocycles. The van der Waals surface area contributed by atoms with E-state index in [2.05, 4.69) is 27.9 Å². The smallest absolute Gasteiger partial charge is 0.419 e. The van der Waals surface area contributed by atoms with Gasteiger partial charge in [0.1, 0.15) is 16.9 Å². The maximum absolute atomic E-state index is 13.7. The minimum absolute atomic E-state index is 0.231. The van der Waals surface area contributed by atoms with Gasteiger partial charge in [-0.25, -0.2) is 18.8 Å². The number of carbonyl (C=O) groups excluding carboxylic acids is 2. The summed E-state index contributed by atoms with van der Waals surface area (Å²) in [6.45, 7) is 14.7. The van der Waals surface area contributed by atoms with Crippen LogP contribution in [-0.2, 0) is 22.6 Å². The van der Waals surface area contributed by atoms with Crippen molar-refractivity contribution in [3.8, 4) is 11.3 Å². The van der Waals surface area contributed by atoms with Gasteiger partial charge < -0.3 is 14.4 Å². The first-order valence-corrected chi connectivity index (χ1v) is 17.6. The Bertz CT molecular complexity index is 1640. The van der Waals surface area contributed by atoms with Gasteiger partial charge in [0.25, 0.3) is 0 Å². The second-order valence-electron chi connectivity index (χ2n) is 13.7. The molecule has 0 spiro atoms. The summed E-state index contributed by atoms with van der Waals surface area (Å²) in [7, 11) is -0.326. The molecule has 0 saturated heterocycles. The number of benzene rings is 1. The van der Waals surface area contributed by atoms with Gasteiger partial charge in [0.2, 0.25) is 0 Å². The highest BCUT2D eigenvalue weighted by molar-refractivity contribution is 6.51. The van der Waals surface area contributed by atoms with Gasteiger partial charge in [0, 0.05) is 35.6 Å². The van der Waals surface area contributed by atoms with Crippen molar-refractivity contribution in [2.75, 3.05) is 6.54 Å². The monoisotopic (exact) mass is 616 g/mol. The number of rotatable bonds is 8. The average Bonchev–Trinajstić information content (AvgIpc) is 3.52. The Morgan fingerprint density at radius 1 is 1.02 bits per heavy atom. The standard InChI is InChI=1S/C33H44N6O4Si/c1-32(2,3)42-30(40)37(18-22-9-8-10-22)20-26-14-24-12-11-23(13-29(24)39(26)31(41)43-33(4,5)6)19-38-21-28(35-36-38)25-15-27(44-7)17-34-16-25/h11-17,21-22H,8-10,18-20,44H2,1-7H3. The fraction of sp³-hybridized carbons (Fsp3) is 0.485. The summed E-state index contributed by atoms with van der Waals surface area (Å²) in [4.78, 5) is 33.1. The highest BCUT2D eigenvalue weighted by atomic mass is 28.2. The van der Waals surface area contributed by atoms with Crippen molar-refractivity contribution in [2.45, 2.75) is 91.6 Å². The molecule has 1 amide bonds. The first-order valence-electron chi connectivity index (χ1n) is 15.5. The molecule has 0 unspecified atom stereocenters. The Morgan fingerprint density at radius 3 is 2.43 bits per heavy atom. The minimum Gasteiger partial charge on any atom is -0.444 e. The van der Waals surface area contributed by atoms with E-state index in [0.717, 1.165) is 35.0 Å². The Labute approximate surface area is 261 Å². The molecule has 1 aliphatic carbocycles. The van der Waals surface area contributed by atoms with Gasteiger partial charge in [0.05, 0.1) is 34.3 Å². The third-order valence-electron chi connectivity index (χ3n) is 7.61. The number of hydrogen-bond acceptors (Lipinski definition) is 7. The van der Waals surface area contributed by atoms with E-state index in [0.29, 0.717) is 30.2 Å². The molecule has 0 bridgehead atoms. The van der Waals surface area contributed by atoms with Gasteiger partial charge in [-0.3, -0.25) is 4.98 Å². The fourth-order valence-electron chi connectivity index (χ4n) is 5.27. The molecule has 3 aromatic heterocycles. The van der Waals surface area contributed by atoms with Crippen molar-refractivity contribution in [2.24, 2.45) is 5.92 Å². The van der Waals surface area contributed by atoms with Crippen molar-refractivity contribution in [1.82, 2.24) is 29.4 Å². The molecule has 1 aromatic carbocycles. The number of hydrogen-bond donors (Lipinski definition) is 0. The minimum atomic E-state index is -0.692. The van der Waals surface area contributed by atoms with Crippen LogP contribution in [0.15, 0.2) is 48.9 Å². The number of fused-ring (bicyclic) bond motifs is 1. The Balaban J connectivity index is 1.47. The molecule has 0 aliphatic heterocycles. The summed E-state index contributed by atoms with van der Waals surface area (Å²) in [5.74, 6) is 0.434. The van der Waals surface area contributed by atoms with E-state index >= 15 is 0 Å². The number of carbonyl (C=O) groups is 2. The van der Waals surface area contributed by atoms with E-state index in [9.17, 15) is 9.59 Å². The second-order valence-corrected chi connectivity index (χ2v) is 15.3. The summed E-state index contributed by atoms with van der Waals surface area (Å²) < 4.78 is 15.0. The normalized spacial score (nSPS) is 14.2. The van der Waals surface area contributed by atoms with Crippen LogP contribution in [0.3, 0.4) is 0 Å². The lowest BCUT2D eigenvalue weighted by molar-refractivity contribution is 0.0163. The molecule has 11 heteroatoms. The number of amides is 1. The lowest BCUT2D eigenvalue weighted by atomic mass is 9.85. The summed E-state index contributed by atoms with van der Waals surface area (Å²) in [5, 5.41) is 10.9. The van der Waals surface area contributed by atoms with Crippen molar-refractivity contribution in [3.05, 3.63) is 60.2 Å². The molecule has 4 aromatic rings. The lowest BCUT2D eigenvalue weighted by Gasteiger charge is -2.33. The molecule has 10 nitrogen and oxygen atoms in total. The van der Waals surface area contributed by atoms with Crippen LogP contribution >= 0.6 is 0 Å². The van der Waals surface area contributed by atoms with Crippen LogP contribution in [0.1, 0.15) is 72.1 Å². The van der Waals surface area contributed by atoms with Crippen LogP contribution in [-0.4, -0.2) is 68.9 Å². The largest absolute Gasteiger partial charge is 0.444 e. The molecule has 0 N–H and O–H groups in total. The maximum Gasteiger partial charge on any atom is 0.419 e. The van der Waals surface area contributed by atoms with E-state index < -0.39 is 17.3 Å². The molecule has 0 atom stereocenters. The Hall–Kier alpha value is -3.99. The van der Waals surface area contributed by atoms with Gasteiger partial charge in [-0.1, -0.05) is 36.4 Å². The molecule has 234 valence electrons. The third-order valence-corrected chi connectivity index (χ3v) is 8.81. The van der Waals surface area contributed by atoms with Crippen molar-refractivity contribution in [1.29, 1.82) is 0 Å². The molecule has 1 aliphatic rings. The molecule has 1 saturated carbocycles. The molecule has 44 heavy (non-hydrogen) atoms. The van der Waals surface area contributed by atoms with E-state index in [4.69, 9.17) is 9.47 Å². The number of aromatic nitrogens is 5. The number of nitrogens with zero attached hydrogens (tertiary/aromatic N) is 6. The van der Waals surface area contributed by atoms with Crippen molar-refractivity contribution < 1.29 is 19.1 Å². The lowest BCUT2D eigenvalue weighted by Crippen LogP contribution is -2.41. The van der Waals surface area contributed by atoms with Crippen molar-refractivity contribution in [3.63, 3.8) is 0 Å². The predicted octanol–water partition coefficient (Wildman–Crippen LogP) is 5.51. The zero-order chi connectivity index (χ0) is 31.6. The first kappa shape index (κ1) is 31.4. The Morgan fingerprint density at radius 2 is 1.77 bits per heavy atom. The van der Waals surface area contributed by atoms with Gasteiger partial charge in [-0.05, 0) is 83.2 Å². The zero-order valence-electron chi connectivity index (χ0n) is 27.0. The van der Waals surface area contributed by atoms with E-state index in [1.165, 1.54) is 11.6 Å². The van der Waals surface area contributed by atoms with Gasteiger partial charge >= 0.3 is 12.2 Å². The van der Waals surface area contributed by atoms with E-state index in [1.807, 2.05) is 84.4 Å².